The van der Waals surface area contributed by atoms with E-state index in [9.17, 15) is 31.1 Å². The minimum atomic E-state index is -4.66. The molecule has 0 fully saturated rings. The van der Waals surface area contributed by atoms with Gasteiger partial charge < -0.3 is 5.32 Å². The van der Waals surface area contributed by atoms with Gasteiger partial charge >= 0.3 is 12.4 Å². The summed E-state index contributed by atoms with van der Waals surface area (Å²) in [4.78, 5) is 15.8. The predicted molar refractivity (Wildman–Crippen MR) is 97.9 cm³/mol. The molecule has 0 bridgehead atoms. The van der Waals surface area contributed by atoms with Crippen LogP contribution in [0.5, 0.6) is 0 Å². The first-order chi connectivity index (χ1) is 14.9. The summed E-state index contributed by atoms with van der Waals surface area (Å²) in [5, 5.41) is 10.2. The monoisotopic (exact) mass is 458 g/mol. The Bertz CT molecular complexity index is 1160. The van der Waals surface area contributed by atoms with Gasteiger partial charge in [-0.25, -0.2) is 4.68 Å². The van der Waals surface area contributed by atoms with Gasteiger partial charge in [-0.2, -0.15) is 36.5 Å². The summed E-state index contributed by atoms with van der Waals surface area (Å²) >= 11 is 0. The SMILES string of the molecule is Cn1nc(C(F)(F)F)cc1C(=O)N[C@H]1CCc2c(cnn2-c2ccnc(C(F)(F)F)c2)C1. The number of carbonyl (C=O) groups is 1. The van der Waals surface area contributed by atoms with Crippen molar-refractivity contribution in [3.05, 3.63) is 58.9 Å². The lowest BCUT2D eigenvalue weighted by molar-refractivity contribution is -0.142. The van der Waals surface area contributed by atoms with E-state index in [4.69, 9.17) is 0 Å². The largest absolute Gasteiger partial charge is 0.435 e. The molecule has 7 nitrogen and oxygen atoms in total. The molecule has 0 aromatic carbocycles. The summed E-state index contributed by atoms with van der Waals surface area (Å²) in [5.41, 5.74) is -0.772. The number of rotatable bonds is 3. The van der Waals surface area contributed by atoms with Gasteiger partial charge in [0.2, 0.25) is 0 Å². The fourth-order valence-electron chi connectivity index (χ4n) is 3.65. The molecule has 3 heterocycles. The molecule has 0 unspecified atom stereocenters. The molecule has 3 aromatic rings. The third-order valence-corrected chi connectivity index (χ3v) is 5.17. The third-order valence-electron chi connectivity index (χ3n) is 5.17. The van der Waals surface area contributed by atoms with Gasteiger partial charge in [-0.15, -0.1) is 0 Å². The van der Waals surface area contributed by atoms with Gasteiger partial charge in [0.15, 0.2) is 5.69 Å². The van der Waals surface area contributed by atoms with E-state index in [2.05, 4.69) is 20.5 Å². The van der Waals surface area contributed by atoms with Gasteiger partial charge in [-0.1, -0.05) is 0 Å². The van der Waals surface area contributed by atoms with Gasteiger partial charge in [-0.3, -0.25) is 14.5 Å². The Morgan fingerprint density at radius 3 is 2.50 bits per heavy atom. The van der Waals surface area contributed by atoms with E-state index in [-0.39, 0.29) is 17.4 Å². The maximum absolute atomic E-state index is 13.0. The van der Waals surface area contributed by atoms with Crippen LogP contribution in [0, 0.1) is 0 Å². The molecule has 3 aromatic heterocycles. The van der Waals surface area contributed by atoms with Crippen molar-refractivity contribution in [2.75, 3.05) is 0 Å². The first-order valence-electron chi connectivity index (χ1n) is 9.45. The smallest absolute Gasteiger partial charge is 0.348 e. The van der Waals surface area contributed by atoms with E-state index in [0.29, 0.717) is 31.0 Å². The second kappa shape index (κ2) is 7.64. The summed E-state index contributed by atoms with van der Waals surface area (Å²) in [6, 6.07) is 2.63. The third kappa shape index (κ3) is 4.18. The quantitative estimate of drug-likeness (QED) is 0.611. The van der Waals surface area contributed by atoms with Crippen LogP contribution in [0.4, 0.5) is 26.3 Å². The maximum Gasteiger partial charge on any atom is 0.435 e. The Balaban J connectivity index is 1.50. The second-order valence-corrected chi connectivity index (χ2v) is 7.37. The molecule has 1 aliphatic rings. The summed E-state index contributed by atoms with van der Waals surface area (Å²) in [6.45, 7) is 0. The number of carbonyl (C=O) groups excluding carboxylic acids is 1. The molecule has 170 valence electrons. The number of halogens is 6. The molecule has 1 N–H and O–H groups in total. The zero-order valence-electron chi connectivity index (χ0n) is 16.5. The standard InChI is InChI=1S/C19H16F6N6O/c1-30-14(8-16(29-30)19(23,24)25)17(32)28-11-2-3-13-10(6-11)9-27-31(13)12-4-5-26-15(7-12)18(20,21)22/h4-5,7-9,11H,2-3,6H2,1H3,(H,28,32)/t11-/m0/s1. The summed E-state index contributed by atoms with van der Waals surface area (Å²) < 4.78 is 79.6. The zero-order valence-corrected chi connectivity index (χ0v) is 16.5. The van der Waals surface area contributed by atoms with Crippen molar-refractivity contribution < 1.29 is 31.1 Å². The van der Waals surface area contributed by atoms with Crippen molar-refractivity contribution in [2.24, 2.45) is 7.05 Å². The van der Waals surface area contributed by atoms with Gasteiger partial charge in [0.1, 0.15) is 11.4 Å². The van der Waals surface area contributed by atoms with Crippen LogP contribution in [0.2, 0.25) is 0 Å². The second-order valence-electron chi connectivity index (χ2n) is 7.37. The highest BCUT2D eigenvalue weighted by Gasteiger charge is 2.36. The van der Waals surface area contributed by atoms with Gasteiger partial charge in [0, 0.05) is 31.0 Å². The van der Waals surface area contributed by atoms with Gasteiger partial charge in [0.05, 0.1) is 11.9 Å². The Hall–Kier alpha value is -3.38. The topological polar surface area (TPSA) is 77.6 Å². The Morgan fingerprint density at radius 1 is 1.12 bits per heavy atom. The molecule has 0 radical (unpaired) electrons. The molecule has 0 saturated carbocycles. The maximum atomic E-state index is 13.0. The minimum Gasteiger partial charge on any atom is -0.348 e. The van der Waals surface area contributed by atoms with Crippen molar-refractivity contribution in [2.45, 2.75) is 37.7 Å². The first-order valence-corrected chi connectivity index (χ1v) is 9.45. The van der Waals surface area contributed by atoms with E-state index < -0.39 is 29.6 Å². The van der Waals surface area contributed by atoms with E-state index in [1.165, 1.54) is 24.0 Å². The molecule has 32 heavy (non-hydrogen) atoms. The number of hydrogen-bond donors (Lipinski definition) is 1. The van der Waals surface area contributed by atoms with Crippen LogP contribution in [0.3, 0.4) is 0 Å². The lowest BCUT2D eigenvalue weighted by atomic mass is 9.93. The number of hydrogen-bond acceptors (Lipinski definition) is 4. The Labute approximate surface area is 177 Å². The molecular formula is C19H16F6N6O. The minimum absolute atomic E-state index is 0.214. The Kier molecular flexibility index (Phi) is 5.21. The van der Waals surface area contributed by atoms with E-state index >= 15 is 0 Å². The zero-order chi connectivity index (χ0) is 23.3. The summed E-state index contributed by atoms with van der Waals surface area (Å²) in [7, 11) is 1.25. The fraction of sp³-hybridized carbons (Fsp3) is 0.368. The lowest BCUT2D eigenvalue weighted by Gasteiger charge is -2.24. The molecule has 13 heteroatoms. The van der Waals surface area contributed by atoms with Gasteiger partial charge in [-0.05, 0) is 37.0 Å². The van der Waals surface area contributed by atoms with Crippen molar-refractivity contribution in [1.29, 1.82) is 0 Å². The van der Waals surface area contributed by atoms with E-state index in [1.54, 1.807) is 0 Å². The molecule has 0 spiro atoms. The molecule has 0 aliphatic heterocycles. The number of amides is 1. The summed E-state index contributed by atoms with van der Waals surface area (Å²) in [6.07, 6.45) is -5.51. The van der Waals surface area contributed by atoms with Crippen LogP contribution in [-0.2, 0) is 32.2 Å². The van der Waals surface area contributed by atoms with Crippen molar-refractivity contribution >= 4 is 5.91 Å². The molecular weight excluding hydrogens is 442 g/mol. The van der Waals surface area contributed by atoms with Crippen LogP contribution in [-0.4, -0.2) is 36.5 Å². The first kappa shape index (κ1) is 21.8. The number of aromatic nitrogens is 5. The van der Waals surface area contributed by atoms with Crippen molar-refractivity contribution in [3.63, 3.8) is 0 Å². The molecule has 0 saturated heterocycles. The average molecular weight is 458 g/mol. The highest BCUT2D eigenvalue weighted by Crippen LogP contribution is 2.31. The van der Waals surface area contributed by atoms with Crippen LogP contribution >= 0.6 is 0 Å². The molecule has 1 aliphatic carbocycles. The number of fused-ring (bicyclic) bond motifs is 1. The normalized spacial score (nSPS) is 16.7. The lowest BCUT2D eigenvalue weighted by Crippen LogP contribution is -2.39. The van der Waals surface area contributed by atoms with Gasteiger partial charge in [0.25, 0.3) is 5.91 Å². The highest BCUT2D eigenvalue weighted by atomic mass is 19.4. The fourth-order valence-corrected chi connectivity index (χ4v) is 3.65. The number of nitrogens with one attached hydrogen (secondary N) is 1. The van der Waals surface area contributed by atoms with Crippen molar-refractivity contribution in [3.8, 4) is 5.69 Å². The molecule has 1 atom stereocenters. The van der Waals surface area contributed by atoms with Crippen LogP contribution in [0.1, 0.15) is 39.6 Å². The van der Waals surface area contributed by atoms with E-state index in [0.717, 1.165) is 22.5 Å². The van der Waals surface area contributed by atoms with Crippen LogP contribution < -0.4 is 5.32 Å². The molecule has 1 amide bonds. The predicted octanol–water partition coefficient (Wildman–Crippen LogP) is 3.33. The number of alkyl halides is 6. The summed E-state index contributed by atoms with van der Waals surface area (Å²) in [5.74, 6) is -0.694. The number of nitrogens with zero attached hydrogens (tertiary/aromatic N) is 5. The average Bonchev–Trinajstić information content (AvgIpc) is 3.30. The number of pyridine rings is 1. The van der Waals surface area contributed by atoms with Crippen LogP contribution in [0.15, 0.2) is 30.6 Å². The molecule has 4 rings (SSSR count). The van der Waals surface area contributed by atoms with Crippen LogP contribution in [0.25, 0.3) is 5.69 Å². The van der Waals surface area contributed by atoms with E-state index in [1.807, 2.05) is 0 Å². The van der Waals surface area contributed by atoms with Crippen molar-refractivity contribution in [1.82, 2.24) is 29.9 Å². The Morgan fingerprint density at radius 2 is 1.84 bits per heavy atom. The number of aryl methyl sites for hydroxylation is 1. The highest BCUT2D eigenvalue weighted by molar-refractivity contribution is 5.93.